The van der Waals surface area contributed by atoms with Crippen LogP contribution in [0, 0.1) is 0 Å². The number of nitrogens with one attached hydrogen (secondary N) is 1. The van der Waals surface area contributed by atoms with Gasteiger partial charge in [-0.15, -0.1) is 0 Å². The summed E-state index contributed by atoms with van der Waals surface area (Å²) in [4.78, 5) is 0. The largest absolute Gasteiger partial charge is 0.307 e. The molecule has 1 heteroatoms. The average Bonchev–Trinajstić information content (AvgIpc) is 3.05. The highest BCUT2D eigenvalue weighted by molar-refractivity contribution is 5.85. The average molecular weight is 211 g/mol. The molecule has 1 nitrogen and oxygen atoms in total. The Morgan fingerprint density at radius 2 is 1.81 bits per heavy atom. The van der Waals surface area contributed by atoms with E-state index in [1.54, 1.807) is 0 Å². The molecule has 0 heterocycles. The van der Waals surface area contributed by atoms with E-state index in [9.17, 15) is 0 Å². The van der Waals surface area contributed by atoms with E-state index in [0.29, 0.717) is 5.54 Å². The third-order valence-corrected chi connectivity index (χ3v) is 3.59. The summed E-state index contributed by atoms with van der Waals surface area (Å²) in [5, 5.41) is 6.35. The minimum Gasteiger partial charge on any atom is -0.307 e. The Labute approximate surface area is 96.5 Å². The van der Waals surface area contributed by atoms with Gasteiger partial charge in [0.15, 0.2) is 0 Å². The van der Waals surface area contributed by atoms with Gasteiger partial charge in [0.1, 0.15) is 0 Å². The number of hydrogen-bond donors (Lipinski definition) is 1. The summed E-state index contributed by atoms with van der Waals surface area (Å²) in [5.74, 6) is 0. The second-order valence-electron chi connectivity index (χ2n) is 5.05. The number of fused-ring (bicyclic) bond motifs is 1. The van der Waals surface area contributed by atoms with Gasteiger partial charge in [-0.25, -0.2) is 0 Å². The fourth-order valence-corrected chi connectivity index (χ4v) is 2.12. The van der Waals surface area contributed by atoms with Crippen molar-refractivity contribution in [1.82, 2.24) is 5.32 Å². The Bertz CT molecular complexity index is 506. The first kappa shape index (κ1) is 9.86. The summed E-state index contributed by atoms with van der Waals surface area (Å²) in [5.41, 5.74) is 1.82. The Morgan fingerprint density at radius 1 is 1.06 bits per heavy atom. The first-order valence-corrected chi connectivity index (χ1v) is 5.99. The molecule has 0 amide bonds. The lowest BCUT2D eigenvalue weighted by Crippen LogP contribution is -2.26. The molecular weight excluding hydrogens is 194 g/mol. The van der Waals surface area contributed by atoms with Crippen molar-refractivity contribution in [3.05, 3.63) is 48.0 Å². The molecular formula is C15H17N. The van der Waals surface area contributed by atoms with E-state index in [1.165, 1.54) is 29.2 Å². The summed E-state index contributed by atoms with van der Waals surface area (Å²) < 4.78 is 0. The summed E-state index contributed by atoms with van der Waals surface area (Å²) in [7, 11) is 0. The smallest absolute Gasteiger partial charge is 0.0216 e. The molecule has 3 rings (SSSR count). The van der Waals surface area contributed by atoms with Crippen LogP contribution in [-0.4, -0.2) is 5.54 Å². The maximum Gasteiger partial charge on any atom is 0.0216 e. The van der Waals surface area contributed by atoms with E-state index in [1.807, 2.05) is 0 Å². The third-order valence-electron chi connectivity index (χ3n) is 3.59. The molecule has 0 atom stereocenters. The van der Waals surface area contributed by atoms with Crippen LogP contribution in [0.15, 0.2) is 42.5 Å². The van der Waals surface area contributed by atoms with Crippen LogP contribution in [0.2, 0.25) is 0 Å². The zero-order chi connectivity index (χ0) is 11.0. The van der Waals surface area contributed by atoms with Gasteiger partial charge in [0.2, 0.25) is 0 Å². The fraction of sp³-hybridized carbons (Fsp3) is 0.333. The zero-order valence-corrected chi connectivity index (χ0v) is 9.66. The van der Waals surface area contributed by atoms with E-state index < -0.39 is 0 Å². The van der Waals surface area contributed by atoms with Gasteiger partial charge >= 0.3 is 0 Å². The number of hydrogen-bond acceptors (Lipinski definition) is 1. The van der Waals surface area contributed by atoms with Gasteiger partial charge in [0, 0.05) is 12.1 Å². The molecule has 0 bridgehead atoms. The second-order valence-corrected chi connectivity index (χ2v) is 5.05. The van der Waals surface area contributed by atoms with Gasteiger partial charge in [-0.2, -0.15) is 0 Å². The fourth-order valence-electron chi connectivity index (χ4n) is 2.12. The molecule has 2 aromatic carbocycles. The first-order chi connectivity index (χ1) is 7.77. The maximum absolute atomic E-state index is 3.64. The van der Waals surface area contributed by atoms with Crippen molar-refractivity contribution in [1.29, 1.82) is 0 Å². The van der Waals surface area contributed by atoms with Crippen molar-refractivity contribution in [2.75, 3.05) is 0 Å². The molecule has 0 aliphatic heterocycles. The molecule has 0 radical (unpaired) electrons. The summed E-state index contributed by atoms with van der Waals surface area (Å²) in [6.45, 7) is 3.29. The SMILES string of the molecule is CC1(NCc2cccc3ccccc23)CC1. The van der Waals surface area contributed by atoms with Gasteiger partial charge in [0.25, 0.3) is 0 Å². The van der Waals surface area contributed by atoms with Gasteiger partial charge in [0.05, 0.1) is 0 Å². The number of rotatable bonds is 3. The van der Waals surface area contributed by atoms with Crippen molar-refractivity contribution >= 4 is 10.8 Å². The Kier molecular flexibility index (Phi) is 2.22. The molecule has 0 spiro atoms. The van der Waals surface area contributed by atoms with Crippen LogP contribution in [0.3, 0.4) is 0 Å². The highest BCUT2D eigenvalue weighted by Crippen LogP contribution is 2.34. The molecule has 1 aliphatic rings. The van der Waals surface area contributed by atoms with Crippen molar-refractivity contribution in [3.8, 4) is 0 Å². The van der Waals surface area contributed by atoms with E-state index in [-0.39, 0.29) is 0 Å². The van der Waals surface area contributed by atoms with Crippen LogP contribution in [0.1, 0.15) is 25.3 Å². The lowest BCUT2D eigenvalue weighted by molar-refractivity contribution is 0.539. The van der Waals surface area contributed by atoms with Crippen LogP contribution in [-0.2, 0) is 6.54 Å². The molecule has 0 saturated heterocycles. The topological polar surface area (TPSA) is 12.0 Å². The molecule has 1 saturated carbocycles. The molecule has 1 fully saturated rings. The summed E-state index contributed by atoms with van der Waals surface area (Å²) in [6.07, 6.45) is 2.63. The van der Waals surface area contributed by atoms with E-state index in [4.69, 9.17) is 0 Å². The minimum atomic E-state index is 0.414. The zero-order valence-electron chi connectivity index (χ0n) is 9.66. The second kappa shape index (κ2) is 3.60. The standard InChI is InChI=1S/C15H17N/c1-15(9-10-15)16-11-13-7-4-6-12-5-2-3-8-14(12)13/h2-8,16H,9-11H2,1H3. The van der Waals surface area contributed by atoms with Crippen LogP contribution in [0.25, 0.3) is 10.8 Å². The summed E-state index contributed by atoms with van der Waals surface area (Å²) >= 11 is 0. The van der Waals surface area contributed by atoms with E-state index in [2.05, 4.69) is 54.7 Å². The molecule has 82 valence electrons. The summed E-state index contributed by atoms with van der Waals surface area (Å²) in [6, 6.07) is 15.2. The van der Waals surface area contributed by atoms with Crippen LogP contribution in [0.5, 0.6) is 0 Å². The third kappa shape index (κ3) is 1.83. The van der Waals surface area contributed by atoms with Crippen LogP contribution >= 0.6 is 0 Å². The predicted molar refractivity (Wildman–Crippen MR) is 68.4 cm³/mol. The van der Waals surface area contributed by atoms with Gasteiger partial charge in [-0.1, -0.05) is 42.5 Å². The molecule has 16 heavy (non-hydrogen) atoms. The van der Waals surface area contributed by atoms with Crippen molar-refractivity contribution in [3.63, 3.8) is 0 Å². The van der Waals surface area contributed by atoms with Gasteiger partial charge in [-0.05, 0) is 36.1 Å². The molecule has 2 aromatic rings. The maximum atomic E-state index is 3.64. The Balaban J connectivity index is 1.90. The monoisotopic (exact) mass is 211 g/mol. The Morgan fingerprint density at radius 3 is 2.62 bits per heavy atom. The lowest BCUT2D eigenvalue weighted by atomic mass is 10.0. The molecule has 0 aromatic heterocycles. The van der Waals surface area contributed by atoms with Crippen molar-refractivity contribution in [2.24, 2.45) is 0 Å². The normalized spacial score (nSPS) is 17.6. The van der Waals surface area contributed by atoms with Crippen LogP contribution < -0.4 is 5.32 Å². The molecule has 1 aliphatic carbocycles. The molecule has 1 N–H and O–H groups in total. The first-order valence-electron chi connectivity index (χ1n) is 5.99. The lowest BCUT2D eigenvalue weighted by Gasteiger charge is -2.12. The van der Waals surface area contributed by atoms with Gasteiger partial charge < -0.3 is 5.32 Å². The highest BCUT2D eigenvalue weighted by Gasteiger charge is 2.36. The van der Waals surface area contributed by atoms with Crippen LogP contribution in [0.4, 0.5) is 0 Å². The predicted octanol–water partition coefficient (Wildman–Crippen LogP) is 3.48. The van der Waals surface area contributed by atoms with E-state index in [0.717, 1.165) is 6.54 Å². The quantitative estimate of drug-likeness (QED) is 0.819. The van der Waals surface area contributed by atoms with Crippen molar-refractivity contribution < 1.29 is 0 Å². The number of benzene rings is 2. The van der Waals surface area contributed by atoms with Gasteiger partial charge in [-0.3, -0.25) is 0 Å². The molecule has 0 unspecified atom stereocenters. The van der Waals surface area contributed by atoms with E-state index >= 15 is 0 Å². The van der Waals surface area contributed by atoms with Crippen molar-refractivity contribution in [2.45, 2.75) is 31.8 Å². The highest BCUT2D eigenvalue weighted by atomic mass is 15.0. The minimum absolute atomic E-state index is 0.414. The Hall–Kier alpha value is -1.34.